The van der Waals surface area contributed by atoms with Crippen molar-refractivity contribution < 1.29 is 14.4 Å². The Labute approximate surface area is 225 Å². The minimum Gasteiger partial charge on any atom is -0.739 e. The number of aromatic nitrogens is 5. The zero-order chi connectivity index (χ0) is 27.4. The summed E-state index contributed by atoms with van der Waals surface area (Å²) >= 11 is 0. The van der Waals surface area contributed by atoms with Crippen LogP contribution in [0.4, 0.5) is 5.95 Å². The lowest BCUT2D eigenvalue weighted by Gasteiger charge is -2.16. The molecular weight excluding hydrogens is 496 g/mol. The van der Waals surface area contributed by atoms with E-state index in [0.29, 0.717) is 39.3 Å². The van der Waals surface area contributed by atoms with Crippen LogP contribution in [0, 0.1) is 17.3 Å². The molecule has 2 N–H and O–H groups in total. The molecule has 0 aliphatic heterocycles. The molecule has 0 unspecified atom stereocenters. The van der Waals surface area contributed by atoms with Crippen molar-refractivity contribution in [1.29, 1.82) is 0 Å². The summed E-state index contributed by atoms with van der Waals surface area (Å²) in [5.41, 5.74) is 4.96. The molecule has 0 saturated carbocycles. The van der Waals surface area contributed by atoms with Crippen molar-refractivity contribution in [2.45, 2.75) is 19.8 Å². The van der Waals surface area contributed by atoms with Crippen molar-refractivity contribution in [2.24, 2.45) is 0 Å². The van der Waals surface area contributed by atoms with Gasteiger partial charge in [0.1, 0.15) is 5.52 Å². The van der Waals surface area contributed by atoms with Gasteiger partial charge >= 0.3 is 5.95 Å². The largest absolute Gasteiger partial charge is 0.739 e. The molecule has 0 bridgehead atoms. The van der Waals surface area contributed by atoms with E-state index in [0.717, 1.165) is 42.5 Å². The number of benzene rings is 3. The summed E-state index contributed by atoms with van der Waals surface area (Å²) < 4.78 is 0.640. The van der Waals surface area contributed by atoms with Gasteiger partial charge in [0.15, 0.2) is 5.52 Å². The van der Waals surface area contributed by atoms with Crippen LogP contribution in [0.5, 0.6) is 0 Å². The predicted octanol–water partition coefficient (Wildman–Crippen LogP) is 2.46. The van der Waals surface area contributed by atoms with Crippen molar-refractivity contribution >= 4 is 45.0 Å². The summed E-state index contributed by atoms with van der Waals surface area (Å²) in [5, 5.41) is 34.3. The number of carbonyl (C=O) groups is 1. The van der Waals surface area contributed by atoms with E-state index in [4.69, 9.17) is 9.97 Å². The smallest absolute Gasteiger partial charge is 0.460 e. The van der Waals surface area contributed by atoms with Crippen LogP contribution in [0.15, 0.2) is 60.7 Å². The van der Waals surface area contributed by atoms with Gasteiger partial charge in [0.25, 0.3) is 11.4 Å². The number of rotatable bonds is 10. The topological polar surface area (TPSA) is 137 Å². The first-order chi connectivity index (χ1) is 18.9. The van der Waals surface area contributed by atoms with E-state index in [-0.39, 0.29) is 22.9 Å². The Kier molecular flexibility index (Phi) is 7.60. The lowest BCUT2D eigenvalue weighted by Crippen LogP contribution is -2.44. The number of anilines is 1. The molecule has 200 valence electrons. The van der Waals surface area contributed by atoms with Crippen LogP contribution in [0.2, 0.25) is 0 Å². The minimum atomic E-state index is -0.168. The van der Waals surface area contributed by atoms with Crippen LogP contribution in [-0.2, 0) is 0 Å². The van der Waals surface area contributed by atoms with E-state index in [9.17, 15) is 15.2 Å². The first-order valence-electron chi connectivity index (χ1n) is 12.9. The molecule has 3 aromatic carbocycles. The van der Waals surface area contributed by atoms with Gasteiger partial charge in [-0.3, -0.25) is 10.1 Å². The van der Waals surface area contributed by atoms with Gasteiger partial charge in [-0.2, -0.15) is 0 Å². The van der Waals surface area contributed by atoms with E-state index >= 15 is 0 Å². The Morgan fingerprint density at radius 1 is 0.872 bits per heavy atom. The summed E-state index contributed by atoms with van der Waals surface area (Å²) in [4.78, 5) is 25.0. The second kappa shape index (κ2) is 11.4. The zero-order valence-electron chi connectivity index (χ0n) is 21.9. The normalized spacial score (nSPS) is 11.5. The number of nitrogens with one attached hydrogen (secondary N) is 2. The Hall–Kier alpha value is -4.64. The van der Waals surface area contributed by atoms with E-state index < -0.39 is 0 Å². The molecule has 5 aromatic rings. The molecule has 0 aliphatic rings. The van der Waals surface area contributed by atoms with E-state index in [1.807, 2.05) is 44.3 Å². The predicted molar refractivity (Wildman–Crippen MR) is 149 cm³/mol. The third-order valence-electron chi connectivity index (χ3n) is 6.63. The average Bonchev–Trinajstić information content (AvgIpc) is 2.95. The molecule has 11 heteroatoms. The molecule has 0 aliphatic carbocycles. The van der Waals surface area contributed by atoms with Gasteiger partial charge < -0.3 is 20.6 Å². The first kappa shape index (κ1) is 26.0. The minimum absolute atomic E-state index is 0.0182. The molecular formula is C28H30N8O3. The fourth-order valence-electron chi connectivity index (χ4n) is 4.55. The van der Waals surface area contributed by atoms with Crippen molar-refractivity contribution in [3.8, 4) is 0 Å². The highest BCUT2D eigenvalue weighted by molar-refractivity contribution is 6.06. The standard InChI is InChI=1S/C28H30N8O3/c1-19-9-5-11-21-25(19)31-22-12-6-10-20(26(22)32-21)27(37)29-15-7-17-34(2)18-8-16-30-28-33-36(39)24-14-4-3-13-23(24)35(28)38/h3-6,9-14H,7-8,15-18H2,1-2H3,(H,29,37)(H,30,33). The van der Waals surface area contributed by atoms with Gasteiger partial charge in [-0.05, 0) is 63.2 Å². The number of hydrogen-bond acceptors (Lipinski definition) is 8. The summed E-state index contributed by atoms with van der Waals surface area (Å²) in [6, 6.07) is 17.9. The van der Waals surface area contributed by atoms with Crippen LogP contribution >= 0.6 is 0 Å². The molecule has 39 heavy (non-hydrogen) atoms. The number of carbonyl (C=O) groups excluding carboxylic acids is 1. The number of para-hydroxylation sites is 4. The number of nitrogens with zero attached hydrogens (tertiary/aromatic N) is 6. The molecule has 2 heterocycles. The van der Waals surface area contributed by atoms with Crippen LogP contribution < -0.4 is 20.2 Å². The van der Waals surface area contributed by atoms with Gasteiger partial charge in [-0.15, -0.1) is 0 Å². The highest BCUT2D eigenvalue weighted by atomic mass is 16.5. The van der Waals surface area contributed by atoms with E-state index in [1.165, 1.54) is 0 Å². The second-order valence-electron chi connectivity index (χ2n) is 9.51. The fraction of sp³-hybridized carbons (Fsp3) is 0.286. The SMILES string of the molecule is Cc1cccc2nc3c(C(=O)NCCCN(C)CCCNc4n[n+]([O-])c5ccccc5[n+]4[O-])cccc3nc12. The van der Waals surface area contributed by atoms with Crippen LogP contribution in [-0.4, -0.2) is 59.1 Å². The molecule has 0 fully saturated rings. The molecule has 2 aromatic heterocycles. The monoisotopic (exact) mass is 526 g/mol. The quantitative estimate of drug-likeness (QED) is 0.123. The Morgan fingerprint density at radius 3 is 2.33 bits per heavy atom. The van der Waals surface area contributed by atoms with Gasteiger partial charge in [0, 0.05) is 24.0 Å². The summed E-state index contributed by atoms with van der Waals surface area (Å²) in [5.74, 6) is -0.187. The van der Waals surface area contributed by atoms with Crippen molar-refractivity contribution in [3.05, 3.63) is 82.2 Å². The van der Waals surface area contributed by atoms with Gasteiger partial charge in [0.2, 0.25) is 5.10 Å². The highest BCUT2D eigenvalue weighted by Crippen LogP contribution is 2.21. The lowest BCUT2D eigenvalue weighted by atomic mass is 10.1. The Morgan fingerprint density at radius 2 is 1.54 bits per heavy atom. The van der Waals surface area contributed by atoms with Crippen LogP contribution in [0.1, 0.15) is 28.8 Å². The van der Waals surface area contributed by atoms with Crippen LogP contribution in [0.3, 0.4) is 0 Å². The molecule has 0 radical (unpaired) electrons. The van der Waals surface area contributed by atoms with Crippen molar-refractivity contribution in [1.82, 2.24) is 25.3 Å². The van der Waals surface area contributed by atoms with Crippen LogP contribution in [0.25, 0.3) is 33.1 Å². The van der Waals surface area contributed by atoms with E-state index in [2.05, 4.69) is 20.6 Å². The highest BCUT2D eigenvalue weighted by Gasteiger charge is 2.19. The van der Waals surface area contributed by atoms with Crippen molar-refractivity contribution in [3.63, 3.8) is 0 Å². The zero-order valence-corrected chi connectivity index (χ0v) is 21.9. The molecule has 0 atom stereocenters. The number of fused-ring (bicyclic) bond motifs is 3. The number of amides is 1. The average molecular weight is 527 g/mol. The summed E-state index contributed by atoms with van der Waals surface area (Å²) in [7, 11) is 2.00. The molecule has 5 rings (SSSR count). The number of aryl methyl sites for hydroxylation is 1. The molecule has 0 saturated heterocycles. The maximum absolute atomic E-state index is 12.9. The van der Waals surface area contributed by atoms with Gasteiger partial charge in [-0.25, -0.2) is 14.7 Å². The van der Waals surface area contributed by atoms with E-state index in [1.54, 1.807) is 30.3 Å². The summed E-state index contributed by atoms with van der Waals surface area (Å²) in [6.07, 6.45) is 1.52. The molecule has 1 amide bonds. The van der Waals surface area contributed by atoms with Gasteiger partial charge in [0.05, 0.1) is 28.7 Å². The lowest BCUT2D eigenvalue weighted by molar-refractivity contribution is -0.672. The Bertz CT molecular complexity index is 1660. The second-order valence-corrected chi connectivity index (χ2v) is 9.51. The van der Waals surface area contributed by atoms with Crippen molar-refractivity contribution in [2.75, 3.05) is 38.5 Å². The maximum Gasteiger partial charge on any atom is 0.460 e. The van der Waals surface area contributed by atoms with Gasteiger partial charge in [-0.1, -0.05) is 30.3 Å². The Balaban J connectivity index is 1.08. The molecule has 0 spiro atoms. The number of hydrogen-bond donors (Lipinski definition) is 2. The maximum atomic E-state index is 12.9. The summed E-state index contributed by atoms with van der Waals surface area (Å²) in [6.45, 7) is 4.58. The molecule has 11 nitrogen and oxygen atoms in total. The third-order valence-corrected chi connectivity index (χ3v) is 6.63. The first-order valence-corrected chi connectivity index (χ1v) is 12.9. The third kappa shape index (κ3) is 5.63. The fourth-order valence-corrected chi connectivity index (χ4v) is 4.55.